The monoisotopic (exact) mass is 305 g/mol. The van der Waals surface area contributed by atoms with Gasteiger partial charge in [0.15, 0.2) is 8.32 Å². The Labute approximate surface area is 127 Å². The fraction of sp³-hybridized carbons (Fsp3) is 0.500. The van der Waals surface area contributed by atoms with Crippen LogP contribution in [0.2, 0.25) is 19.6 Å². The molecular formula is C16H23NO3Si. The molecule has 114 valence electrons. The highest BCUT2D eigenvalue weighted by Crippen LogP contribution is 2.39. The third-order valence-corrected chi connectivity index (χ3v) is 4.12. The van der Waals surface area contributed by atoms with E-state index in [0.29, 0.717) is 5.56 Å². The molecule has 0 saturated heterocycles. The van der Waals surface area contributed by atoms with Crippen molar-refractivity contribution >= 4 is 14.3 Å². The fourth-order valence-electron chi connectivity index (χ4n) is 2.09. The molecule has 0 aliphatic heterocycles. The molecule has 1 aromatic rings. The van der Waals surface area contributed by atoms with E-state index < -0.39 is 19.8 Å². The SMILES string of the molecule is COC(=O)C(C)(C)C(O[Si](C)(C)C)c1ccc(C#N)cc1. The summed E-state index contributed by atoms with van der Waals surface area (Å²) in [5, 5.41) is 8.89. The Kier molecular flexibility index (Phi) is 5.32. The standard InChI is InChI=1S/C16H23NO3Si/c1-16(2,15(18)19-3)14(20-21(4,5)6)13-9-7-12(11-17)8-10-13/h7-10,14H,1-6H3. The highest BCUT2D eigenvalue weighted by molar-refractivity contribution is 6.69. The molecule has 1 rings (SSSR count). The molecule has 5 heteroatoms. The van der Waals surface area contributed by atoms with E-state index in [-0.39, 0.29) is 5.97 Å². The van der Waals surface area contributed by atoms with Crippen molar-refractivity contribution in [1.29, 1.82) is 5.26 Å². The molecule has 0 saturated carbocycles. The van der Waals surface area contributed by atoms with E-state index in [1.54, 1.807) is 12.1 Å². The van der Waals surface area contributed by atoms with Crippen LogP contribution in [-0.2, 0) is 14.0 Å². The van der Waals surface area contributed by atoms with Crippen LogP contribution >= 0.6 is 0 Å². The maximum atomic E-state index is 12.1. The summed E-state index contributed by atoms with van der Waals surface area (Å²) in [7, 11) is -0.483. The van der Waals surface area contributed by atoms with Crippen LogP contribution in [0.5, 0.6) is 0 Å². The van der Waals surface area contributed by atoms with Gasteiger partial charge < -0.3 is 9.16 Å². The summed E-state index contributed by atoms with van der Waals surface area (Å²) < 4.78 is 11.2. The van der Waals surface area contributed by atoms with Crippen molar-refractivity contribution in [3.05, 3.63) is 35.4 Å². The molecule has 0 heterocycles. The average Bonchev–Trinajstić information content (AvgIpc) is 2.43. The first-order valence-electron chi connectivity index (χ1n) is 6.88. The van der Waals surface area contributed by atoms with Crippen LogP contribution in [0.4, 0.5) is 0 Å². The number of methoxy groups -OCH3 is 1. The first kappa shape index (κ1) is 17.4. The minimum absolute atomic E-state index is 0.310. The summed E-state index contributed by atoms with van der Waals surface area (Å²) in [5.41, 5.74) is 0.664. The first-order chi connectivity index (χ1) is 9.61. The molecule has 1 unspecified atom stereocenters. The second-order valence-electron chi connectivity index (χ2n) is 6.56. The van der Waals surface area contributed by atoms with Gasteiger partial charge in [-0.25, -0.2) is 0 Å². The lowest BCUT2D eigenvalue weighted by atomic mass is 9.82. The average molecular weight is 305 g/mol. The van der Waals surface area contributed by atoms with E-state index in [1.807, 2.05) is 26.0 Å². The molecule has 0 fully saturated rings. The number of carbonyl (C=O) groups excluding carboxylic acids is 1. The Morgan fingerprint density at radius 3 is 2.14 bits per heavy atom. The van der Waals surface area contributed by atoms with Crippen LogP contribution in [-0.4, -0.2) is 21.4 Å². The summed E-state index contributed by atoms with van der Waals surface area (Å²) in [6.45, 7) is 9.88. The van der Waals surface area contributed by atoms with Gasteiger partial charge in [-0.15, -0.1) is 0 Å². The van der Waals surface area contributed by atoms with Gasteiger partial charge in [-0.05, 0) is 51.2 Å². The normalized spacial score (nSPS) is 13.4. The van der Waals surface area contributed by atoms with E-state index in [1.165, 1.54) is 7.11 Å². The number of rotatable bonds is 5. The molecule has 1 atom stereocenters. The van der Waals surface area contributed by atoms with Crippen LogP contribution in [0.1, 0.15) is 31.1 Å². The zero-order chi connectivity index (χ0) is 16.3. The number of esters is 1. The maximum Gasteiger partial charge on any atom is 0.314 e. The lowest BCUT2D eigenvalue weighted by molar-refractivity contribution is -0.156. The Morgan fingerprint density at radius 1 is 1.24 bits per heavy atom. The second kappa shape index (κ2) is 6.42. The van der Waals surface area contributed by atoms with Gasteiger partial charge in [0.1, 0.15) is 0 Å². The molecule has 0 aliphatic rings. The third kappa shape index (κ3) is 4.41. The first-order valence-corrected chi connectivity index (χ1v) is 10.3. The summed E-state index contributed by atoms with van der Waals surface area (Å²) >= 11 is 0. The Hall–Kier alpha value is -1.64. The van der Waals surface area contributed by atoms with Gasteiger partial charge in [0, 0.05) is 0 Å². The number of hydrogen-bond donors (Lipinski definition) is 0. The highest BCUT2D eigenvalue weighted by atomic mass is 28.4. The van der Waals surface area contributed by atoms with Crippen molar-refractivity contribution in [3.63, 3.8) is 0 Å². The van der Waals surface area contributed by atoms with Gasteiger partial charge in [-0.3, -0.25) is 4.79 Å². The Balaban J connectivity index is 3.25. The van der Waals surface area contributed by atoms with Crippen molar-refractivity contribution in [2.24, 2.45) is 5.41 Å². The van der Waals surface area contributed by atoms with Gasteiger partial charge in [0.25, 0.3) is 0 Å². The topological polar surface area (TPSA) is 59.3 Å². The van der Waals surface area contributed by atoms with Gasteiger partial charge in [-0.2, -0.15) is 5.26 Å². The molecule has 0 N–H and O–H groups in total. The summed E-state index contributed by atoms with van der Waals surface area (Å²) in [6.07, 6.45) is -0.399. The van der Waals surface area contributed by atoms with E-state index in [4.69, 9.17) is 14.4 Å². The van der Waals surface area contributed by atoms with Crippen LogP contribution in [0.15, 0.2) is 24.3 Å². The minimum Gasteiger partial charge on any atom is -0.469 e. The number of nitrogens with zero attached hydrogens (tertiary/aromatic N) is 1. The van der Waals surface area contributed by atoms with Crippen LogP contribution < -0.4 is 0 Å². The number of ether oxygens (including phenoxy) is 1. The van der Waals surface area contributed by atoms with Crippen molar-refractivity contribution < 1.29 is 14.0 Å². The van der Waals surface area contributed by atoms with E-state index in [0.717, 1.165) is 5.56 Å². The van der Waals surface area contributed by atoms with Crippen molar-refractivity contribution in [3.8, 4) is 6.07 Å². The van der Waals surface area contributed by atoms with E-state index >= 15 is 0 Å². The molecule has 0 amide bonds. The van der Waals surface area contributed by atoms with Crippen molar-refractivity contribution in [1.82, 2.24) is 0 Å². The van der Waals surface area contributed by atoms with Gasteiger partial charge in [0.05, 0.1) is 30.3 Å². The van der Waals surface area contributed by atoms with Crippen LogP contribution in [0.25, 0.3) is 0 Å². The lowest BCUT2D eigenvalue weighted by Gasteiger charge is -2.36. The van der Waals surface area contributed by atoms with Gasteiger partial charge in [0.2, 0.25) is 0 Å². The third-order valence-electron chi connectivity index (χ3n) is 3.18. The van der Waals surface area contributed by atoms with Crippen LogP contribution in [0.3, 0.4) is 0 Å². The molecule has 0 aromatic heterocycles. The quantitative estimate of drug-likeness (QED) is 0.615. The summed E-state index contributed by atoms with van der Waals surface area (Å²) in [6, 6.07) is 9.25. The lowest BCUT2D eigenvalue weighted by Crippen LogP contribution is -2.39. The summed E-state index contributed by atoms with van der Waals surface area (Å²) in [4.78, 5) is 12.1. The highest BCUT2D eigenvalue weighted by Gasteiger charge is 2.41. The fourth-order valence-corrected chi connectivity index (χ4v) is 3.23. The zero-order valence-corrected chi connectivity index (χ0v) is 14.6. The predicted molar refractivity (Wildman–Crippen MR) is 84.1 cm³/mol. The number of hydrogen-bond acceptors (Lipinski definition) is 4. The molecule has 1 aromatic carbocycles. The number of carbonyl (C=O) groups is 1. The molecule has 21 heavy (non-hydrogen) atoms. The van der Waals surface area contributed by atoms with Crippen molar-refractivity contribution in [2.75, 3.05) is 7.11 Å². The second-order valence-corrected chi connectivity index (χ2v) is 11.0. The molecule has 0 aliphatic carbocycles. The molecule has 0 radical (unpaired) electrons. The van der Waals surface area contributed by atoms with Crippen LogP contribution in [0, 0.1) is 16.7 Å². The molecule has 0 bridgehead atoms. The maximum absolute atomic E-state index is 12.1. The zero-order valence-electron chi connectivity index (χ0n) is 13.6. The largest absolute Gasteiger partial charge is 0.469 e. The smallest absolute Gasteiger partial charge is 0.314 e. The Morgan fingerprint density at radius 2 is 1.76 bits per heavy atom. The molecule has 4 nitrogen and oxygen atoms in total. The Bertz CT molecular complexity index is 538. The van der Waals surface area contributed by atoms with E-state index in [2.05, 4.69) is 25.7 Å². The number of nitriles is 1. The van der Waals surface area contributed by atoms with E-state index in [9.17, 15) is 4.79 Å². The predicted octanol–water partition coefficient (Wildman–Crippen LogP) is 3.65. The van der Waals surface area contributed by atoms with Gasteiger partial charge >= 0.3 is 5.97 Å². The molecular weight excluding hydrogens is 282 g/mol. The minimum atomic E-state index is -1.87. The van der Waals surface area contributed by atoms with Gasteiger partial charge in [-0.1, -0.05) is 12.1 Å². The summed E-state index contributed by atoms with van der Waals surface area (Å²) in [5.74, 6) is -0.310. The van der Waals surface area contributed by atoms with Crippen molar-refractivity contribution in [2.45, 2.75) is 39.6 Å². The molecule has 0 spiro atoms. The number of benzene rings is 1.